The average molecular weight is 483 g/mol. The molecule has 0 spiro atoms. The van der Waals surface area contributed by atoms with Crippen LogP contribution in [0, 0.1) is 0 Å². The predicted octanol–water partition coefficient (Wildman–Crippen LogP) is 9.91. The molecule has 0 aromatic heterocycles. The number of unbranched alkanes of at least 4 members (excludes halogenated alkanes) is 18. The molecule has 0 heterocycles. The van der Waals surface area contributed by atoms with Crippen LogP contribution in [0.2, 0.25) is 0 Å². The fourth-order valence-corrected chi connectivity index (χ4v) is 4.35. The number of allylic oxidation sites excluding steroid dienone is 1. The lowest BCUT2D eigenvalue weighted by atomic mass is 10.1. The summed E-state index contributed by atoms with van der Waals surface area (Å²) in [6.07, 6.45) is 33.7. The molecule has 0 aliphatic carbocycles. The maximum Gasteiger partial charge on any atom is 0.157 e. The molecule has 34 heavy (non-hydrogen) atoms. The van der Waals surface area contributed by atoms with Crippen LogP contribution >= 0.6 is 0 Å². The van der Waals surface area contributed by atoms with Crippen LogP contribution in [0.5, 0.6) is 0 Å². The smallest absolute Gasteiger partial charge is 0.157 e. The molecular weight excluding hydrogens is 420 g/mol. The number of aliphatic hydroxyl groups is 1. The molecule has 0 rings (SSSR count). The van der Waals surface area contributed by atoms with Crippen molar-refractivity contribution in [2.24, 2.45) is 0 Å². The van der Waals surface area contributed by atoms with E-state index >= 15 is 0 Å². The van der Waals surface area contributed by atoms with Crippen molar-refractivity contribution in [3.05, 3.63) is 12.2 Å². The van der Waals surface area contributed by atoms with Crippen molar-refractivity contribution in [3.63, 3.8) is 0 Å². The monoisotopic (exact) mass is 482 g/mol. The van der Waals surface area contributed by atoms with E-state index in [0.717, 1.165) is 32.5 Å². The van der Waals surface area contributed by atoms with Crippen molar-refractivity contribution in [1.29, 1.82) is 0 Å². The standard InChI is InChI=1S/C31H62O3/c1-3-5-7-9-11-17-21-25-29-33-31(27-23-19-15-13-14-16-20-24-28-32)34-30-26-22-18-12-10-8-6-4-2/h16,20,31-32H,3-15,17-19,21-30H2,1-2H3/b20-16-. The van der Waals surface area contributed by atoms with Crippen LogP contribution in [0.25, 0.3) is 0 Å². The Morgan fingerprint density at radius 2 is 0.912 bits per heavy atom. The minimum atomic E-state index is -0.00133. The first-order valence-electron chi connectivity index (χ1n) is 15.3. The first kappa shape index (κ1) is 33.6. The molecular formula is C31H62O3. The number of rotatable bonds is 29. The second-order valence-electron chi connectivity index (χ2n) is 10.1. The SMILES string of the molecule is CCCCCCCCCCOC(CCCCCC/C=C\CCO)OCCCCCCCCCC. The second kappa shape index (κ2) is 30.7. The first-order chi connectivity index (χ1) is 16.8. The summed E-state index contributed by atoms with van der Waals surface area (Å²) in [4.78, 5) is 0. The maximum atomic E-state index is 8.80. The van der Waals surface area contributed by atoms with Gasteiger partial charge in [-0.2, -0.15) is 0 Å². The summed E-state index contributed by atoms with van der Waals surface area (Å²) < 4.78 is 12.3. The first-order valence-corrected chi connectivity index (χ1v) is 15.3. The molecule has 3 heteroatoms. The van der Waals surface area contributed by atoms with Gasteiger partial charge in [0.05, 0.1) is 0 Å². The highest BCUT2D eigenvalue weighted by Gasteiger charge is 2.09. The van der Waals surface area contributed by atoms with E-state index in [9.17, 15) is 0 Å². The van der Waals surface area contributed by atoms with Crippen LogP contribution in [0.4, 0.5) is 0 Å². The largest absolute Gasteiger partial charge is 0.396 e. The van der Waals surface area contributed by atoms with Gasteiger partial charge in [-0.15, -0.1) is 0 Å². The van der Waals surface area contributed by atoms with E-state index in [1.807, 2.05) is 0 Å². The maximum absolute atomic E-state index is 8.80. The fraction of sp³-hybridized carbons (Fsp3) is 0.935. The second-order valence-corrected chi connectivity index (χ2v) is 10.1. The van der Waals surface area contributed by atoms with Gasteiger partial charge in [-0.3, -0.25) is 0 Å². The quantitative estimate of drug-likeness (QED) is 0.0654. The van der Waals surface area contributed by atoms with Gasteiger partial charge < -0.3 is 14.6 Å². The zero-order valence-corrected chi connectivity index (χ0v) is 23.4. The highest BCUT2D eigenvalue weighted by atomic mass is 16.7. The highest BCUT2D eigenvalue weighted by Crippen LogP contribution is 2.14. The van der Waals surface area contributed by atoms with E-state index in [4.69, 9.17) is 14.6 Å². The number of ether oxygens (including phenoxy) is 2. The molecule has 0 aromatic rings. The van der Waals surface area contributed by atoms with Gasteiger partial charge in [-0.05, 0) is 44.9 Å². The molecule has 0 saturated heterocycles. The van der Waals surface area contributed by atoms with Crippen molar-refractivity contribution in [3.8, 4) is 0 Å². The van der Waals surface area contributed by atoms with Gasteiger partial charge in [-0.25, -0.2) is 0 Å². The van der Waals surface area contributed by atoms with Crippen molar-refractivity contribution < 1.29 is 14.6 Å². The summed E-state index contributed by atoms with van der Waals surface area (Å²) in [7, 11) is 0. The molecule has 0 aromatic carbocycles. The van der Waals surface area contributed by atoms with Crippen LogP contribution in [0.3, 0.4) is 0 Å². The zero-order chi connectivity index (χ0) is 24.8. The summed E-state index contributed by atoms with van der Waals surface area (Å²) in [5.41, 5.74) is 0. The molecule has 0 atom stereocenters. The lowest BCUT2D eigenvalue weighted by Crippen LogP contribution is -2.19. The van der Waals surface area contributed by atoms with E-state index in [0.29, 0.717) is 0 Å². The van der Waals surface area contributed by atoms with Crippen molar-refractivity contribution >= 4 is 0 Å². The number of hydrogen-bond donors (Lipinski definition) is 1. The Morgan fingerprint density at radius 1 is 0.500 bits per heavy atom. The molecule has 0 bridgehead atoms. The molecule has 204 valence electrons. The van der Waals surface area contributed by atoms with Crippen LogP contribution in [-0.4, -0.2) is 31.2 Å². The molecule has 0 fully saturated rings. The molecule has 0 radical (unpaired) electrons. The Bertz CT molecular complexity index is 361. The Balaban J connectivity index is 3.89. The number of hydrogen-bond acceptors (Lipinski definition) is 3. The van der Waals surface area contributed by atoms with Crippen LogP contribution in [-0.2, 0) is 9.47 Å². The van der Waals surface area contributed by atoms with E-state index in [1.165, 1.54) is 128 Å². The van der Waals surface area contributed by atoms with Gasteiger partial charge >= 0.3 is 0 Å². The molecule has 1 N–H and O–H groups in total. The van der Waals surface area contributed by atoms with Crippen molar-refractivity contribution in [2.75, 3.05) is 19.8 Å². The minimum Gasteiger partial charge on any atom is -0.396 e. The molecule has 0 amide bonds. The minimum absolute atomic E-state index is 0.00133. The summed E-state index contributed by atoms with van der Waals surface area (Å²) in [6.45, 7) is 6.53. The Labute approximate surface area is 214 Å². The van der Waals surface area contributed by atoms with E-state index in [1.54, 1.807) is 0 Å². The lowest BCUT2D eigenvalue weighted by molar-refractivity contribution is -0.148. The summed E-state index contributed by atoms with van der Waals surface area (Å²) in [5, 5.41) is 8.80. The predicted molar refractivity (Wildman–Crippen MR) is 149 cm³/mol. The van der Waals surface area contributed by atoms with Gasteiger partial charge in [-0.1, -0.05) is 129 Å². The van der Waals surface area contributed by atoms with Crippen LogP contribution in [0.15, 0.2) is 12.2 Å². The summed E-state index contributed by atoms with van der Waals surface area (Å²) in [6, 6.07) is 0. The van der Waals surface area contributed by atoms with E-state index < -0.39 is 0 Å². The van der Waals surface area contributed by atoms with Crippen LogP contribution < -0.4 is 0 Å². The lowest BCUT2D eigenvalue weighted by Gasteiger charge is -2.19. The Kier molecular flexibility index (Phi) is 30.3. The van der Waals surface area contributed by atoms with Crippen LogP contribution in [0.1, 0.15) is 162 Å². The summed E-state index contributed by atoms with van der Waals surface area (Å²) in [5.74, 6) is 0. The summed E-state index contributed by atoms with van der Waals surface area (Å²) >= 11 is 0. The molecule has 0 unspecified atom stereocenters. The van der Waals surface area contributed by atoms with Crippen molar-refractivity contribution in [2.45, 2.75) is 168 Å². The van der Waals surface area contributed by atoms with E-state index in [-0.39, 0.29) is 12.9 Å². The topological polar surface area (TPSA) is 38.7 Å². The Morgan fingerprint density at radius 3 is 1.41 bits per heavy atom. The third-order valence-electron chi connectivity index (χ3n) is 6.63. The molecule has 0 saturated carbocycles. The van der Waals surface area contributed by atoms with E-state index in [2.05, 4.69) is 26.0 Å². The normalized spacial score (nSPS) is 11.9. The zero-order valence-electron chi connectivity index (χ0n) is 23.4. The average Bonchev–Trinajstić information content (AvgIpc) is 2.85. The Hall–Kier alpha value is -0.380. The third kappa shape index (κ3) is 27.9. The number of aliphatic hydroxyl groups excluding tert-OH is 1. The van der Waals surface area contributed by atoms with Gasteiger partial charge in [0.15, 0.2) is 6.29 Å². The highest BCUT2D eigenvalue weighted by molar-refractivity contribution is 4.80. The van der Waals surface area contributed by atoms with Gasteiger partial charge in [0.1, 0.15) is 0 Å². The van der Waals surface area contributed by atoms with Crippen molar-refractivity contribution in [1.82, 2.24) is 0 Å². The third-order valence-corrected chi connectivity index (χ3v) is 6.63. The van der Waals surface area contributed by atoms with Gasteiger partial charge in [0.2, 0.25) is 0 Å². The fourth-order valence-electron chi connectivity index (χ4n) is 4.35. The van der Waals surface area contributed by atoms with Gasteiger partial charge in [0.25, 0.3) is 0 Å². The molecule has 0 aliphatic heterocycles. The molecule has 3 nitrogen and oxygen atoms in total. The molecule has 0 aliphatic rings. The van der Waals surface area contributed by atoms with Gasteiger partial charge in [0, 0.05) is 19.8 Å².